The van der Waals surface area contributed by atoms with E-state index in [-0.39, 0.29) is 12.3 Å². The largest absolute Gasteiger partial charge is 0.493 e. The normalized spacial score (nSPS) is 10.9. The Morgan fingerprint density at radius 2 is 1.67 bits per heavy atom. The number of methoxy groups -OCH3 is 3. The minimum absolute atomic E-state index is 0.234. The van der Waals surface area contributed by atoms with Gasteiger partial charge in [-0.2, -0.15) is 0 Å². The van der Waals surface area contributed by atoms with Gasteiger partial charge in [-0.25, -0.2) is 9.78 Å². The number of fused-ring (bicyclic) bond motifs is 3. The predicted octanol–water partition coefficient (Wildman–Crippen LogP) is 4.59. The van der Waals surface area contributed by atoms with Crippen molar-refractivity contribution in [3.63, 3.8) is 0 Å². The molecule has 1 N–H and O–H groups in total. The number of rotatable bonds is 6. The van der Waals surface area contributed by atoms with Gasteiger partial charge in [0.25, 0.3) is 0 Å². The quantitative estimate of drug-likeness (QED) is 0.472. The Bertz CT molecular complexity index is 1220. The van der Waals surface area contributed by atoms with Crippen molar-refractivity contribution in [2.45, 2.75) is 6.92 Å². The van der Waals surface area contributed by atoms with E-state index in [2.05, 4.69) is 9.97 Å². The molecule has 0 unspecified atom stereocenters. The standard InChI is InChI=1S/C23H22N2O5/c1-5-30-23(26)17-12-15-14-8-6-7-9-16(14)24-21(15)20(25-17)13-10-18(27-2)22(29-4)19(11-13)28-3/h6-12,24H,5H2,1-4H3. The van der Waals surface area contributed by atoms with E-state index in [1.54, 1.807) is 34.3 Å². The molecule has 0 saturated heterocycles. The molecule has 30 heavy (non-hydrogen) atoms. The molecule has 154 valence electrons. The van der Waals surface area contributed by atoms with Crippen molar-refractivity contribution < 1.29 is 23.7 Å². The molecular weight excluding hydrogens is 384 g/mol. The van der Waals surface area contributed by atoms with Crippen molar-refractivity contribution in [2.75, 3.05) is 27.9 Å². The Morgan fingerprint density at radius 3 is 2.30 bits per heavy atom. The summed E-state index contributed by atoms with van der Waals surface area (Å²) < 4.78 is 21.6. The molecule has 0 saturated carbocycles. The predicted molar refractivity (Wildman–Crippen MR) is 115 cm³/mol. The van der Waals surface area contributed by atoms with Crippen molar-refractivity contribution in [1.82, 2.24) is 9.97 Å². The average molecular weight is 406 g/mol. The van der Waals surface area contributed by atoms with Gasteiger partial charge in [0.15, 0.2) is 11.5 Å². The number of benzene rings is 2. The van der Waals surface area contributed by atoms with Crippen molar-refractivity contribution in [1.29, 1.82) is 0 Å². The lowest BCUT2D eigenvalue weighted by atomic mass is 10.1. The van der Waals surface area contributed by atoms with Crippen LogP contribution in [0, 0.1) is 0 Å². The van der Waals surface area contributed by atoms with Crippen LogP contribution in [0.25, 0.3) is 33.1 Å². The highest BCUT2D eigenvalue weighted by molar-refractivity contribution is 6.12. The van der Waals surface area contributed by atoms with Gasteiger partial charge in [0.2, 0.25) is 5.75 Å². The third kappa shape index (κ3) is 3.18. The first-order chi connectivity index (χ1) is 14.6. The molecule has 2 aromatic heterocycles. The second-order valence-corrected chi connectivity index (χ2v) is 6.58. The number of para-hydroxylation sites is 1. The Labute approximate surface area is 173 Å². The molecule has 7 nitrogen and oxygen atoms in total. The van der Waals surface area contributed by atoms with Crippen LogP contribution in [0.3, 0.4) is 0 Å². The summed E-state index contributed by atoms with van der Waals surface area (Å²) in [6.45, 7) is 2.04. The van der Waals surface area contributed by atoms with Gasteiger partial charge in [-0.1, -0.05) is 18.2 Å². The molecule has 0 fully saturated rings. The van der Waals surface area contributed by atoms with Crippen molar-refractivity contribution >= 4 is 27.8 Å². The molecule has 0 atom stereocenters. The van der Waals surface area contributed by atoms with Crippen LogP contribution in [0.5, 0.6) is 17.2 Å². The Morgan fingerprint density at radius 1 is 0.967 bits per heavy atom. The molecule has 0 aliphatic heterocycles. The summed E-state index contributed by atoms with van der Waals surface area (Å²) in [5.74, 6) is 1.01. The number of hydrogen-bond acceptors (Lipinski definition) is 6. The van der Waals surface area contributed by atoms with Crippen molar-refractivity contribution in [3.8, 4) is 28.5 Å². The number of aromatic nitrogens is 2. The zero-order valence-corrected chi connectivity index (χ0v) is 17.2. The maximum atomic E-state index is 12.5. The van der Waals surface area contributed by atoms with Crippen LogP contribution in [-0.4, -0.2) is 43.9 Å². The molecule has 0 bridgehead atoms. The molecule has 4 rings (SSSR count). The highest BCUT2D eigenvalue weighted by atomic mass is 16.5. The lowest BCUT2D eigenvalue weighted by molar-refractivity contribution is 0.0520. The van der Waals surface area contributed by atoms with Gasteiger partial charge in [-0.05, 0) is 31.2 Å². The fraction of sp³-hybridized carbons (Fsp3) is 0.217. The van der Waals surface area contributed by atoms with E-state index >= 15 is 0 Å². The van der Waals surface area contributed by atoms with Gasteiger partial charge in [0.05, 0.1) is 39.1 Å². The number of carbonyl (C=O) groups is 1. The van der Waals surface area contributed by atoms with Gasteiger partial charge < -0.3 is 23.9 Å². The van der Waals surface area contributed by atoms with Crippen LogP contribution in [-0.2, 0) is 4.74 Å². The smallest absolute Gasteiger partial charge is 0.356 e. The van der Waals surface area contributed by atoms with Crippen molar-refractivity contribution in [2.24, 2.45) is 0 Å². The fourth-order valence-corrected chi connectivity index (χ4v) is 3.58. The highest BCUT2D eigenvalue weighted by Crippen LogP contribution is 2.42. The third-order valence-corrected chi connectivity index (χ3v) is 4.92. The SMILES string of the molecule is CCOC(=O)c1cc2c([nH]c3ccccc32)c(-c2cc(OC)c(OC)c(OC)c2)n1. The first-order valence-corrected chi connectivity index (χ1v) is 9.50. The van der Waals surface area contributed by atoms with E-state index < -0.39 is 5.97 Å². The monoisotopic (exact) mass is 406 g/mol. The van der Waals surface area contributed by atoms with Gasteiger partial charge in [0, 0.05) is 21.9 Å². The Kier molecular flexibility index (Phi) is 5.18. The maximum Gasteiger partial charge on any atom is 0.356 e. The minimum atomic E-state index is -0.474. The molecule has 0 amide bonds. The molecule has 4 aromatic rings. The summed E-state index contributed by atoms with van der Waals surface area (Å²) in [6, 6.07) is 13.3. The second kappa shape index (κ2) is 7.94. The van der Waals surface area contributed by atoms with Crippen LogP contribution < -0.4 is 14.2 Å². The number of esters is 1. The summed E-state index contributed by atoms with van der Waals surface area (Å²) in [5.41, 5.74) is 3.29. The average Bonchev–Trinajstić information content (AvgIpc) is 3.16. The zero-order valence-electron chi connectivity index (χ0n) is 17.2. The number of H-pyrrole nitrogens is 1. The number of ether oxygens (including phenoxy) is 4. The van der Waals surface area contributed by atoms with E-state index in [0.717, 1.165) is 21.8 Å². The zero-order chi connectivity index (χ0) is 21.3. The van der Waals surface area contributed by atoms with E-state index in [9.17, 15) is 4.79 Å². The minimum Gasteiger partial charge on any atom is -0.493 e. The molecular formula is C23H22N2O5. The summed E-state index contributed by atoms with van der Waals surface area (Å²) in [6.07, 6.45) is 0. The number of nitrogens with zero attached hydrogens (tertiary/aromatic N) is 1. The van der Waals surface area contributed by atoms with E-state index in [4.69, 9.17) is 18.9 Å². The van der Waals surface area contributed by atoms with Crippen LogP contribution >= 0.6 is 0 Å². The van der Waals surface area contributed by atoms with Crippen molar-refractivity contribution in [3.05, 3.63) is 48.2 Å². The summed E-state index contributed by atoms with van der Waals surface area (Å²) in [5, 5.41) is 1.88. The number of pyridine rings is 1. The first-order valence-electron chi connectivity index (χ1n) is 9.50. The molecule has 2 aromatic carbocycles. The Balaban J connectivity index is 2.05. The number of nitrogens with one attached hydrogen (secondary N) is 1. The molecule has 0 aliphatic rings. The maximum absolute atomic E-state index is 12.5. The van der Waals surface area contributed by atoms with E-state index in [0.29, 0.717) is 28.5 Å². The molecule has 0 aliphatic carbocycles. The molecule has 7 heteroatoms. The number of aromatic amines is 1. The van der Waals surface area contributed by atoms with Gasteiger partial charge >= 0.3 is 5.97 Å². The van der Waals surface area contributed by atoms with Crippen LogP contribution in [0.2, 0.25) is 0 Å². The Hall–Kier alpha value is -3.74. The first kappa shape index (κ1) is 19.6. The van der Waals surface area contributed by atoms with E-state index in [1.165, 1.54) is 0 Å². The van der Waals surface area contributed by atoms with Crippen LogP contribution in [0.4, 0.5) is 0 Å². The topological polar surface area (TPSA) is 82.7 Å². The van der Waals surface area contributed by atoms with Crippen LogP contribution in [0.1, 0.15) is 17.4 Å². The molecule has 2 heterocycles. The lowest BCUT2D eigenvalue weighted by Gasteiger charge is -2.14. The van der Waals surface area contributed by atoms with Crippen LogP contribution in [0.15, 0.2) is 42.5 Å². The lowest BCUT2D eigenvalue weighted by Crippen LogP contribution is -2.08. The van der Waals surface area contributed by atoms with E-state index in [1.807, 2.05) is 36.4 Å². The second-order valence-electron chi connectivity index (χ2n) is 6.58. The number of hydrogen-bond donors (Lipinski definition) is 1. The number of carbonyl (C=O) groups excluding carboxylic acids is 1. The fourth-order valence-electron chi connectivity index (χ4n) is 3.58. The van der Waals surface area contributed by atoms with Gasteiger partial charge in [-0.15, -0.1) is 0 Å². The summed E-state index contributed by atoms with van der Waals surface area (Å²) in [7, 11) is 4.67. The van der Waals surface area contributed by atoms with Gasteiger partial charge in [0.1, 0.15) is 5.69 Å². The van der Waals surface area contributed by atoms with Gasteiger partial charge in [-0.3, -0.25) is 0 Å². The third-order valence-electron chi connectivity index (χ3n) is 4.92. The molecule has 0 spiro atoms. The highest BCUT2D eigenvalue weighted by Gasteiger charge is 2.21. The summed E-state index contributed by atoms with van der Waals surface area (Å²) >= 11 is 0. The molecule has 0 radical (unpaired) electrons. The summed E-state index contributed by atoms with van der Waals surface area (Å²) in [4.78, 5) is 20.6.